The van der Waals surface area contributed by atoms with E-state index in [0.29, 0.717) is 16.8 Å². The molecular formula is C22H22N2O5. The zero-order valence-electron chi connectivity index (χ0n) is 15.8. The molecule has 7 heteroatoms. The van der Waals surface area contributed by atoms with Gasteiger partial charge in [0.25, 0.3) is 5.91 Å². The highest BCUT2D eigenvalue weighted by molar-refractivity contribution is 5.97. The van der Waals surface area contributed by atoms with Gasteiger partial charge < -0.3 is 30.6 Å². The molecule has 0 bridgehead atoms. The van der Waals surface area contributed by atoms with Gasteiger partial charge in [0.2, 0.25) is 0 Å². The van der Waals surface area contributed by atoms with Crippen molar-refractivity contribution in [3.05, 3.63) is 77.4 Å². The van der Waals surface area contributed by atoms with Crippen LogP contribution in [0.25, 0.3) is 0 Å². The number of carbonyl (C=O) groups excluding carboxylic acids is 1. The summed E-state index contributed by atoms with van der Waals surface area (Å²) in [6, 6.07) is 15.7. The number of nitrogens with zero attached hydrogens (tertiary/aromatic N) is 1. The minimum absolute atomic E-state index is 0.00962. The highest BCUT2D eigenvalue weighted by atomic mass is 16.3. The summed E-state index contributed by atoms with van der Waals surface area (Å²) in [7, 11) is 1.47. The number of hydrogen-bond donors (Lipinski definition) is 5. The number of nitrogens with one attached hydrogen (secondary N) is 1. The molecule has 5 N–H and O–H groups in total. The first kappa shape index (κ1) is 19.9. The number of phenols is 4. The molecule has 0 aromatic heterocycles. The van der Waals surface area contributed by atoms with E-state index in [1.54, 1.807) is 30.3 Å². The third kappa shape index (κ3) is 4.52. The number of anilines is 1. The summed E-state index contributed by atoms with van der Waals surface area (Å²) in [4.78, 5) is 13.9. The van der Waals surface area contributed by atoms with Crippen LogP contribution in [0.3, 0.4) is 0 Å². The molecule has 3 rings (SSSR count). The van der Waals surface area contributed by atoms with Crippen molar-refractivity contribution < 1.29 is 25.2 Å². The molecule has 0 spiro atoms. The first-order valence-corrected chi connectivity index (χ1v) is 8.97. The Kier molecular flexibility index (Phi) is 5.78. The summed E-state index contributed by atoms with van der Waals surface area (Å²) in [5.74, 6) is -0.460. The lowest BCUT2D eigenvalue weighted by Crippen LogP contribution is -2.23. The number of phenolic OH excluding ortho intramolecular Hbond substituents is 4. The average molecular weight is 394 g/mol. The smallest absolute Gasteiger partial charge is 0.254 e. The minimum atomic E-state index is -0.438. The molecule has 7 nitrogen and oxygen atoms in total. The van der Waals surface area contributed by atoms with Crippen LogP contribution < -0.4 is 10.2 Å². The molecule has 0 fully saturated rings. The second-order valence-electron chi connectivity index (χ2n) is 6.58. The van der Waals surface area contributed by atoms with Crippen LogP contribution in [-0.4, -0.2) is 33.4 Å². The SMILES string of the molecule is CNC(=O)c1cc(N(Cc2ccccc2O)Cc2cc(O)ccc2O)ccc1O. The Labute approximate surface area is 168 Å². The summed E-state index contributed by atoms with van der Waals surface area (Å²) in [5.41, 5.74) is 1.80. The number of rotatable bonds is 6. The molecule has 29 heavy (non-hydrogen) atoms. The van der Waals surface area contributed by atoms with Crippen molar-refractivity contribution in [2.45, 2.75) is 13.1 Å². The van der Waals surface area contributed by atoms with Gasteiger partial charge in [-0.25, -0.2) is 0 Å². The molecule has 0 heterocycles. The van der Waals surface area contributed by atoms with E-state index in [1.807, 2.05) is 4.90 Å². The topological polar surface area (TPSA) is 113 Å². The highest BCUT2D eigenvalue weighted by Gasteiger charge is 2.17. The van der Waals surface area contributed by atoms with Gasteiger partial charge in [0, 0.05) is 37.0 Å². The van der Waals surface area contributed by atoms with Gasteiger partial charge in [-0.15, -0.1) is 0 Å². The van der Waals surface area contributed by atoms with E-state index in [0.717, 1.165) is 0 Å². The molecular weight excluding hydrogens is 372 g/mol. The van der Waals surface area contributed by atoms with E-state index in [4.69, 9.17) is 0 Å². The quantitative estimate of drug-likeness (QED) is 0.411. The van der Waals surface area contributed by atoms with E-state index >= 15 is 0 Å². The Balaban J connectivity index is 2.04. The van der Waals surface area contributed by atoms with Crippen molar-refractivity contribution >= 4 is 11.6 Å². The molecule has 0 atom stereocenters. The number of carbonyl (C=O) groups is 1. The first-order chi connectivity index (χ1) is 13.9. The fourth-order valence-corrected chi connectivity index (χ4v) is 3.03. The highest BCUT2D eigenvalue weighted by Crippen LogP contribution is 2.31. The first-order valence-electron chi connectivity index (χ1n) is 8.97. The molecule has 0 saturated heterocycles. The fraction of sp³-hybridized carbons (Fsp3) is 0.136. The predicted molar refractivity (Wildman–Crippen MR) is 109 cm³/mol. The van der Waals surface area contributed by atoms with Crippen molar-refractivity contribution in [2.24, 2.45) is 0 Å². The Bertz CT molecular complexity index is 1040. The van der Waals surface area contributed by atoms with Crippen molar-refractivity contribution in [1.29, 1.82) is 0 Å². The van der Waals surface area contributed by atoms with E-state index in [-0.39, 0.29) is 41.7 Å². The number of para-hydroxylation sites is 1. The van der Waals surface area contributed by atoms with Crippen LogP contribution in [0.5, 0.6) is 23.0 Å². The van der Waals surface area contributed by atoms with Gasteiger partial charge in [0.05, 0.1) is 5.56 Å². The lowest BCUT2D eigenvalue weighted by atomic mass is 10.1. The van der Waals surface area contributed by atoms with Gasteiger partial charge in [0.15, 0.2) is 0 Å². The second-order valence-corrected chi connectivity index (χ2v) is 6.58. The molecule has 3 aromatic rings. The van der Waals surface area contributed by atoms with E-state index in [9.17, 15) is 25.2 Å². The van der Waals surface area contributed by atoms with Crippen molar-refractivity contribution in [3.63, 3.8) is 0 Å². The summed E-state index contributed by atoms with van der Waals surface area (Å²) in [6.07, 6.45) is 0. The molecule has 0 aliphatic heterocycles. The minimum Gasteiger partial charge on any atom is -0.508 e. The van der Waals surface area contributed by atoms with Crippen molar-refractivity contribution in [1.82, 2.24) is 5.32 Å². The van der Waals surface area contributed by atoms with Gasteiger partial charge >= 0.3 is 0 Å². The summed E-state index contributed by atoms with van der Waals surface area (Å²) in [5, 5.41) is 42.7. The molecule has 0 aliphatic carbocycles. The Morgan fingerprint density at radius 2 is 1.48 bits per heavy atom. The molecule has 0 aliphatic rings. The van der Waals surface area contributed by atoms with Crippen LogP contribution in [0.2, 0.25) is 0 Å². The zero-order valence-corrected chi connectivity index (χ0v) is 15.8. The Morgan fingerprint density at radius 1 is 0.828 bits per heavy atom. The fourth-order valence-electron chi connectivity index (χ4n) is 3.03. The lowest BCUT2D eigenvalue weighted by Gasteiger charge is -2.26. The third-order valence-electron chi connectivity index (χ3n) is 4.59. The van der Waals surface area contributed by atoms with E-state index in [2.05, 4.69) is 5.32 Å². The maximum Gasteiger partial charge on any atom is 0.254 e. The van der Waals surface area contributed by atoms with Crippen LogP contribution in [0.1, 0.15) is 21.5 Å². The maximum atomic E-state index is 12.1. The van der Waals surface area contributed by atoms with Crippen LogP contribution in [-0.2, 0) is 13.1 Å². The van der Waals surface area contributed by atoms with Gasteiger partial charge in [0.1, 0.15) is 23.0 Å². The van der Waals surface area contributed by atoms with Crippen LogP contribution in [0.4, 0.5) is 5.69 Å². The summed E-state index contributed by atoms with van der Waals surface area (Å²) < 4.78 is 0. The number of amides is 1. The number of benzene rings is 3. The van der Waals surface area contributed by atoms with Crippen molar-refractivity contribution in [3.8, 4) is 23.0 Å². The predicted octanol–water partition coefficient (Wildman–Crippen LogP) is 3.08. The van der Waals surface area contributed by atoms with Gasteiger partial charge in [-0.3, -0.25) is 4.79 Å². The van der Waals surface area contributed by atoms with E-state index < -0.39 is 5.91 Å². The lowest BCUT2D eigenvalue weighted by molar-refractivity contribution is 0.0960. The monoisotopic (exact) mass is 394 g/mol. The second kappa shape index (κ2) is 8.43. The molecule has 1 amide bonds. The van der Waals surface area contributed by atoms with Crippen LogP contribution in [0, 0.1) is 0 Å². The number of aromatic hydroxyl groups is 4. The largest absolute Gasteiger partial charge is 0.508 e. The molecule has 0 saturated carbocycles. The number of hydrogen-bond acceptors (Lipinski definition) is 6. The van der Waals surface area contributed by atoms with Crippen LogP contribution >= 0.6 is 0 Å². The third-order valence-corrected chi connectivity index (χ3v) is 4.59. The van der Waals surface area contributed by atoms with Crippen LogP contribution in [0.15, 0.2) is 60.7 Å². The average Bonchev–Trinajstić information content (AvgIpc) is 2.71. The molecule has 0 radical (unpaired) electrons. The summed E-state index contributed by atoms with van der Waals surface area (Å²) >= 11 is 0. The Hall–Kier alpha value is -3.87. The summed E-state index contributed by atoms with van der Waals surface area (Å²) in [6.45, 7) is 0.451. The zero-order chi connectivity index (χ0) is 21.0. The van der Waals surface area contributed by atoms with Gasteiger partial charge in [-0.05, 0) is 42.5 Å². The molecule has 0 unspecified atom stereocenters. The van der Waals surface area contributed by atoms with Crippen molar-refractivity contribution in [2.75, 3.05) is 11.9 Å². The standard InChI is InChI=1S/C22H22N2O5/c1-23-22(29)18-11-16(6-8-21(18)28)24(12-14-4-2-3-5-19(14)26)13-15-10-17(25)7-9-20(15)27/h2-11,25-28H,12-13H2,1H3,(H,23,29). The normalized spacial score (nSPS) is 10.5. The van der Waals surface area contributed by atoms with Gasteiger partial charge in [-0.2, -0.15) is 0 Å². The molecule has 150 valence electrons. The Morgan fingerprint density at radius 3 is 2.21 bits per heavy atom. The van der Waals surface area contributed by atoms with E-state index in [1.165, 1.54) is 37.4 Å². The van der Waals surface area contributed by atoms with Gasteiger partial charge in [-0.1, -0.05) is 18.2 Å². The molecule has 3 aromatic carbocycles. The maximum absolute atomic E-state index is 12.1.